The Bertz CT molecular complexity index is 478. The van der Waals surface area contributed by atoms with Crippen LogP contribution in [-0.2, 0) is 11.3 Å². The molecule has 0 radical (unpaired) electrons. The molecule has 1 aliphatic rings. The molecule has 1 saturated heterocycles. The van der Waals surface area contributed by atoms with Gasteiger partial charge in [0.2, 0.25) is 0 Å². The van der Waals surface area contributed by atoms with E-state index in [2.05, 4.69) is 17.2 Å². The summed E-state index contributed by atoms with van der Waals surface area (Å²) in [5.41, 5.74) is 0.222. The average Bonchev–Trinajstić information content (AvgIpc) is 2.87. The van der Waals surface area contributed by atoms with E-state index in [0.717, 1.165) is 25.9 Å². The monoisotopic (exact) mass is 280 g/mol. The molecular weight excluding hydrogens is 260 g/mol. The highest BCUT2D eigenvalue weighted by Crippen LogP contribution is 2.22. The Morgan fingerprint density at radius 2 is 2.10 bits per heavy atom. The quantitative estimate of drug-likeness (QED) is 0.869. The zero-order valence-corrected chi connectivity index (χ0v) is 11.7. The molecule has 2 rings (SSSR count). The van der Waals surface area contributed by atoms with Crippen LogP contribution in [0.2, 0.25) is 0 Å². The van der Waals surface area contributed by atoms with Crippen molar-refractivity contribution in [3.63, 3.8) is 0 Å². The van der Waals surface area contributed by atoms with Crippen molar-refractivity contribution < 1.29 is 14.7 Å². The number of aromatic nitrogens is 3. The fraction of sp³-hybridized carbons (Fsp3) is 0.692. The predicted molar refractivity (Wildman–Crippen MR) is 71.2 cm³/mol. The van der Waals surface area contributed by atoms with Crippen molar-refractivity contribution >= 4 is 11.9 Å². The second kappa shape index (κ2) is 6.49. The van der Waals surface area contributed by atoms with Crippen molar-refractivity contribution in [1.82, 2.24) is 19.9 Å². The maximum absolute atomic E-state index is 12.2. The normalized spacial score (nSPS) is 16.4. The van der Waals surface area contributed by atoms with Crippen LogP contribution >= 0.6 is 0 Å². The lowest BCUT2D eigenvalue weighted by Gasteiger charge is -2.31. The van der Waals surface area contributed by atoms with Gasteiger partial charge in [-0.2, -0.15) is 0 Å². The number of piperidine rings is 1. The fourth-order valence-corrected chi connectivity index (χ4v) is 2.61. The SMILES string of the molecule is CCCC1CCN(C(=O)c2cn(CC(=O)O)nn2)CC1. The summed E-state index contributed by atoms with van der Waals surface area (Å²) in [5.74, 6) is -0.447. The highest BCUT2D eigenvalue weighted by Gasteiger charge is 2.25. The zero-order chi connectivity index (χ0) is 14.5. The average molecular weight is 280 g/mol. The number of nitrogens with zero attached hydrogens (tertiary/aromatic N) is 4. The van der Waals surface area contributed by atoms with Gasteiger partial charge in [-0.3, -0.25) is 9.59 Å². The number of rotatable bonds is 5. The summed E-state index contributed by atoms with van der Waals surface area (Å²) in [7, 11) is 0. The lowest BCUT2D eigenvalue weighted by molar-refractivity contribution is -0.137. The largest absolute Gasteiger partial charge is 0.480 e. The van der Waals surface area contributed by atoms with Gasteiger partial charge in [0.25, 0.3) is 5.91 Å². The number of carboxylic acids is 1. The zero-order valence-electron chi connectivity index (χ0n) is 11.7. The van der Waals surface area contributed by atoms with Crippen molar-refractivity contribution in [1.29, 1.82) is 0 Å². The molecule has 1 aliphatic heterocycles. The van der Waals surface area contributed by atoms with Crippen LogP contribution in [0, 0.1) is 5.92 Å². The molecule has 0 aliphatic carbocycles. The van der Waals surface area contributed by atoms with Crippen molar-refractivity contribution in [2.24, 2.45) is 5.92 Å². The van der Waals surface area contributed by atoms with Crippen LogP contribution in [0.5, 0.6) is 0 Å². The standard InChI is InChI=1S/C13H20N4O3/c1-2-3-10-4-6-16(7-5-10)13(20)11-8-17(15-14-11)9-12(18)19/h8,10H,2-7,9H2,1H3,(H,18,19). The summed E-state index contributed by atoms with van der Waals surface area (Å²) in [4.78, 5) is 24.6. The topological polar surface area (TPSA) is 88.3 Å². The number of carboxylic acid groups (broad SMARTS) is 1. The lowest BCUT2D eigenvalue weighted by atomic mass is 9.92. The Hall–Kier alpha value is -1.92. The van der Waals surface area contributed by atoms with Crippen LogP contribution in [-0.4, -0.2) is 50.0 Å². The summed E-state index contributed by atoms with van der Waals surface area (Å²) in [6.45, 7) is 3.39. The van der Waals surface area contributed by atoms with Crippen LogP contribution in [0.15, 0.2) is 6.20 Å². The van der Waals surface area contributed by atoms with Gasteiger partial charge in [0.15, 0.2) is 5.69 Å². The van der Waals surface area contributed by atoms with Crippen LogP contribution in [0.25, 0.3) is 0 Å². The second-order valence-corrected chi connectivity index (χ2v) is 5.22. The third-order valence-corrected chi connectivity index (χ3v) is 3.65. The molecule has 1 aromatic heterocycles. The molecule has 1 N–H and O–H groups in total. The molecule has 2 heterocycles. The first-order chi connectivity index (χ1) is 9.60. The molecule has 20 heavy (non-hydrogen) atoms. The summed E-state index contributed by atoms with van der Waals surface area (Å²) in [6.07, 6.45) is 5.86. The van der Waals surface area contributed by atoms with Gasteiger partial charge in [-0.1, -0.05) is 25.0 Å². The summed E-state index contributed by atoms with van der Waals surface area (Å²) >= 11 is 0. The molecule has 1 fully saturated rings. The highest BCUT2D eigenvalue weighted by atomic mass is 16.4. The maximum atomic E-state index is 12.2. The van der Waals surface area contributed by atoms with Crippen molar-refractivity contribution in [2.45, 2.75) is 39.2 Å². The summed E-state index contributed by atoms with van der Waals surface area (Å²) < 4.78 is 1.17. The summed E-state index contributed by atoms with van der Waals surface area (Å²) in [6, 6.07) is 0. The van der Waals surface area contributed by atoms with E-state index in [1.54, 1.807) is 4.90 Å². The molecule has 0 spiro atoms. The molecule has 1 aromatic rings. The maximum Gasteiger partial charge on any atom is 0.325 e. The van der Waals surface area contributed by atoms with E-state index in [-0.39, 0.29) is 18.1 Å². The number of amides is 1. The molecule has 0 saturated carbocycles. The molecule has 7 nitrogen and oxygen atoms in total. The Balaban J connectivity index is 1.91. The molecular formula is C13H20N4O3. The van der Waals surface area contributed by atoms with Gasteiger partial charge < -0.3 is 10.0 Å². The smallest absolute Gasteiger partial charge is 0.325 e. The van der Waals surface area contributed by atoms with Crippen LogP contribution in [0.1, 0.15) is 43.1 Å². The Labute approximate surface area is 117 Å². The van der Waals surface area contributed by atoms with Crippen molar-refractivity contribution in [2.75, 3.05) is 13.1 Å². The molecule has 110 valence electrons. The van der Waals surface area contributed by atoms with Crippen LogP contribution < -0.4 is 0 Å². The Kier molecular flexibility index (Phi) is 4.70. The van der Waals surface area contributed by atoms with Gasteiger partial charge >= 0.3 is 5.97 Å². The number of aliphatic carboxylic acids is 1. The van der Waals surface area contributed by atoms with Crippen LogP contribution in [0.4, 0.5) is 0 Å². The molecule has 0 unspecified atom stereocenters. The number of carbonyl (C=O) groups is 2. The summed E-state index contributed by atoms with van der Waals surface area (Å²) in [5, 5.41) is 16.1. The Morgan fingerprint density at radius 1 is 1.40 bits per heavy atom. The lowest BCUT2D eigenvalue weighted by Crippen LogP contribution is -2.38. The molecule has 0 bridgehead atoms. The molecule has 7 heteroatoms. The van der Waals surface area contributed by atoms with E-state index in [1.807, 2.05) is 0 Å². The first-order valence-corrected chi connectivity index (χ1v) is 7.01. The Morgan fingerprint density at radius 3 is 2.70 bits per heavy atom. The van der Waals surface area contributed by atoms with E-state index in [1.165, 1.54) is 23.7 Å². The third kappa shape index (κ3) is 3.55. The van der Waals surface area contributed by atoms with E-state index < -0.39 is 5.97 Å². The molecule has 0 aromatic carbocycles. The van der Waals surface area contributed by atoms with E-state index >= 15 is 0 Å². The van der Waals surface area contributed by atoms with Gasteiger partial charge in [-0.15, -0.1) is 5.10 Å². The third-order valence-electron chi connectivity index (χ3n) is 3.65. The van der Waals surface area contributed by atoms with Gasteiger partial charge in [0.1, 0.15) is 6.54 Å². The van der Waals surface area contributed by atoms with E-state index in [0.29, 0.717) is 5.92 Å². The highest BCUT2D eigenvalue weighted by molar-refractivity contribution is 5.92. The minimum Gasteiger partial charge on any atom is -0.480 e. The number of hydrogen-bond acceptors (Lipinski definition) is 4. The predicted octanol–water partition coefficient (Wildman–Crippen LogP) is 1.01. The second-order valence-electron chi connectivity index (χ2n) is 5.22. The molecule has 0 atom stereocenters. The first kappa shape index (κ1) is 14.5. The van der Waals surface area contributed by atoms with Gasteiger partial charge in [-0.05, 0) is 18.8 Å². The minimum atomic E-state index is -1.01. The van der Waals surface area contributed by atoms with Crippen molar-refractivity contribution in [3.05, 3.63) is 11.9 Å². The fourth-order valence-electron chi connectivity index (χ4n) is 2.61. The number of hydrogen-bond donors (Lipinski definition) is 1. The molecule has 1 amide bonds. The van der Waals surface area contributed by atoms with E-state index in [4.69, 9.17) is 5.11 Å². The van der Waals surface area contributed by atoms with Gasteiger partial charge in [0, 0.05) is 13.1 Å². The minimum absolute atomic E-state index is 0.156. The first-order valence-electron chi connectivity index (χ1n) is 7.01. The van der Waals surface area contributed by atoms with Gasteiger partial charge in [-0.25, -0.2) is 4.68 Å². The van der Waals surface area contributed by atoms with Gasteiger partial charge in [0.05, 0.1) is 6.20 Å². The van der Waals surface area contributed by atoms with Crippen molar-refractivity contribution in [3.8, 4) is 0 Å². The van der Waals surface area contributed by atoms with E-state index in [9.17, 15) is 9.59 Å². The van der Waals surface area contributed by atoms with Crippen LogP contribution in [0.3, 0.4) is 0 Å². The number of likely N-dealkylation sites (tertiary alicyclic amines) is 1. The number of carbonyl (C=O) groups excluding carboxylic acids is 1.